The molecule has 2 aliphatic carbocycles. The van der Waals surface area contributed by atoms with E-state index in [1.54, 1.807) is 0 Å². The topological polar surface area (TPSA) is 37.4 Å². The first-order valence-electron chi connectivity index (χ1n) is 11.1. The Morgan fingerprint density at radius 2 is 1.11 bits per heavy atom. The van der Waals surface area contributed by atoms with Gasteiger partial charge in [-0.25, -0.2) is 13.7 Å². The molecule has 35 heavy (non-hydrogen) atoms. The third-order valence-corrected chi connectivity index (χ3v) is 8.13. The summed E-state index contributed by atoms with van der Waals surface area (Å²) >= 11 is 6.98. The van der Waals surface area contributed by atoms with Gasteiger partial charge in [0, 0.05) is 26.8 Å². The van der Waals surface area contributed by atoms with Gasteiger partial charge in [0.25, 0.3) is 0 Å². The Kier molecular flexibility index (Phi) is 5.38. The van der Waals surface area contributed by atoms with Crippen molar-refractivity contribution in [1.82, 2.24) is 0 Å². The first-order valence-corrected chi connectivity index (χ1v) is 12.7. The zero-order valence-electron chi connectivity index (χ0n) is 18.1. The second-order valence-corrected chi connectivity index (χ2v) is 10.8. The van der Waals surface area contributed by atoms with Gasteiger partial charge in [0.1, 0.15) is 11.6 Å². The van der Waals surface area contributed by atoms with E-state index >= 15 is 0 Å². The molecule has 0 unspecified atom stereocenters. The minimum atomic E-state index is -0.827. The Balaban J connectivity index is 1.49. The molecule has 0 N–H and O–H groups in total. The van der Waals surface area contributed by atoms with Crippen LogP contribution in [0.1, 0.15) is 11.1 Å². The van der Waals surface area contributed by atoms with Crippen molar-refractivity contribution in [2.45, 2.75) is 0 Å². The number of rotatable bonds is 3. The molecule has 1 heterocycles. The number of allylic oxidation sites excluding steroid dienone is 3. The fourth-order valence-corrected chi connectivity index (χ4v) is 6.28. The van der Waals surface area contributed by atoms with Crippen LogP contribution in [-0.4, -0.2) is 11.8 Å². The van der Waals surface area contributed by atoms with Gasteiger partial charge in [-0.3, -0.25) is 9.59 Å². The molecule has 4 atom stereocenters. The van der Waals surface area contributed by atoms with Crippen LogP contribution < -0.4 is 4.90 Å². The van der Waals surface area contributed by atoms with Gasteiger partial charge in [-0.2, -0.15) is 0 Å². The molecule has 3 aromatic rings. The van der Waals surface area contributed by atoms with E-state index < -0.39 is 35.3 Å². The number of benzene rings is 3. The Morgan fingerprint density at radius 3 is 1.54 bits per heavy atom. The third-order valence-electron chi connectivity index (χ3n) is 7.08. The molecule has 2 fully saturated rings. The van der Waals surface area contributed by atoms with E-state index in [0.717, 1.165) is 54.3 Å². The van der Waals surface area contributed by atoms with Crippen LogP contribution in [0.15, 0.2) is 93.4 Å². The normalized spacial score (nSPS) is 24.5. The van der Waals surface area contributed by atoms with E-state index in [9.17, 15) is 18.4 Å². The summed E-state index contributed by atoms with van der Waals surface area (Å²) in [6, 6.07) is 18.7. The molecule has 2 bridgehead atoms. The van der Waals surface area contributed by atoms with Crippen LogP contribution in [0.5, 0.6) is 0 Å². The lowest BCUT2D eigenvalue weighted by molar-refractivity contribution is -0.122. The molecule has 0 aromatic heterocycles. The summed E-state index contributed by atoms with van der Waals surface area (Å²) in [4.78, 5) is 28.0. The van der Waals surface area contributed by atoms with Gasteiger partial charge in [0.15, 0.2) is 0 Å². The summed E-state index contributed by atoms with van der Waals surface area (Å²) in [5.41, 5.74) is 3.97. The number of fused-ring (bicyclic) bond motifs is 5. The first-order chi connectivity index (χ1) is 16.8. The molecule has 0 radical (unpaired) electrons. The van der Waals surface area contributed by atoms with Gasteiger partial charge in [0.2, 0.25) is 11.8 Å². The molecular formula is C28H17Br2F2NO2. The predicted molar refractivity (Wildman–Crippen MR) is 136 cm³/mol. The number of halogens is 4. The highest BCUT2D eigenvalue weighted by Crippen LogP contribution is 2.59. The predicted octanol–water partition coefficient (Wildman–Crippen LogP) is 6.91. The number of hydrogen-bond acceptors (Lipinski definition) is 2. The number of nitrogens with zero attached hydrogens (tertiary/aromatic N) is 1. The highest BCUT2D eigenvalue weighted by atomic mass is 79.9. The Hall–Kier alpha value is -2.90. The molecule has 6 rings (SSSR count). The Bertz CT molecular complexity index is 1350. The molecule has 174 valence electrons. The monoisotopic (exact) mass is 595 g/mol. The summed E-state index contributed by atoms with van der Waals surface area (Å²) in [7, 11) is 0. The van der Waals surface area contributed by atoms with Crippen molar-refractivity contribution in [3.05, 3.63) is 116 Å². The fraction of sp³-hybridized carbons (Fsp3) is 0.143. The van der Waals surface area contributed by atoms with E-state index in [2.05, 4.69) is 31.9 Å². The van der Waals surface area contributed by atoms with Crippen molar-refractivity contribution in [3.8, 4) is 0 Å². The summed E-state index contributed by atoms with van der Waals surface area (Å²) < 4.78 is 29.7. The van der Waals surface area contributed by atoms with Crippen molar-refractivity contribution >= 4 is 54.9 Å². The molecule has 3 aromatic carbocycles. The number of carbonyl (C=O) groups is 2. The van der Waals surface area contributed by atoms with Crippen LogP contribution >= 0.6 is 31.9 Å². The lowest BCUT2D eigenvalue weighted by atomic mass is 9.85. The molecule has 3 nitrogen and oxygen atoms in total. The van der Waals surface area contributed by atoms with E-state index in [-0.39, 0.29) is 17.5 Å². The largest absolute Gasteiger partial charge is 0.274 e. The number of imide groups is 1. The number of amides is 2. The average molecular weight is 597 g/mol. The van der Waals surface area contributed by atoms with E-state index in [1.165, 1.54) is 0 Å². The zero-order chi connectivity index (χ0) is 24.4. The summed E-state index contributed by atoms with van der Waals surface area (Å²) in [5, 5.41) is 0. The summed E-state index contributed by atoms with van der Waals surface area (Å²) in [5.74, 6) is -4.21. The van der Waals surface area contributed by atoms with Crippen molar-refractivity contribution < 1.29 is 18.4 Å². The maximum absolute atomic E-state index is 13.9. The van der Waals surface area contributed by atoms with E-state index in [4.69, 9.17) is 0 Å². The smallest absolute Gasteiger partial charge is 0.238 e. The molecular weight excluding hydrogens is 580 g/mol. The van der Waals surface area contributed by atoms with E-state index in [1.807, 2.05) is 60.7 Å². The quantitative estimate of drug-likeness (QED) is 0.243. The first kappa shape index (κ1) is 22.6. The lowest BCUT2D eigenvalue weighted by Gasteiger charge is -2.22. The highest BCUT2D eigenvalue weighted by molar-refractivity contribution is 9.10. The molecule has 7 heteroatoms. The van der Waals surface area contributed by atoms with Crippen LogP contribution in [0, 0.1) is 35.3 Å². The van der Waals surface area contributed by atoms with Gasteiger partial charge in [-0.15, -0.1) is 0 Å². The fourth-order valence-electron chi connectivity index (χ4n) is 5.75. The zero-order valence-corrected chi connectivity index (χ0v) is 21.3. The highest BCUT2D eigenvalue weighted by Gasteiger charge is 2.62. The minimum Gasteiger partial charge on any atom is -0.274 e. The van der Waals surface area contributed by atoms with Crippen LogP contribution in [0.25, 0.3) is 5.57 Å². The second-order valence-electron chi connectivity index (χ2n) is 8.97. The van der Waals surface area contributed by atoms with Gasteiger partial charge in [0.05, 0.1) is 17.5 Å². The molecule has 1 aliphatic heterocycles. The van der Waals surface area contributed by atoms with Crippen molar-refractivity contribution in [3.63, 3.8) is 0 Å². The van der Waals surface area contributed by atoms with Gasteiger partial charge >= 0.3 is 0 Å². The Labute approximate surface area is 217 Å². The van der Waals surface area contributed by atoms with Crippen LogP contribution in [0.2, 0.25) is 0 Å². The SMILES string of the molecule is O=C1[C@H]2[C@H](C(=O)N1c1cc(F)cc(F)c1)[C@@H]1C=C[C@@H]2C1=C(c1ccc(Br)cc1)c1ccc(Br)cc1. The third kappa shape index (κ3) is 3.55. The van der Waals surface area contributed by atoms with Crippen molar-refractivity contribution in [2.24, 2.45) is 23.7 Å². The molecule has 3 aliphatic rings. The van der Waals surface area contributed by atoms with Crippen LogP contribution in [0.4, 0.5) is 14.5 Å². The van der Waals surface area contributed by atoms with Crippen LogP contribution in [0.3, 0.4) is 0 Å². The van der Waals surface area contributed by atoms with Crippen molar-refractivity contribution in [1.29, 1.82) is 0 Å². The average Bonchev–Trinajstić information content (AvgIpc) is 3.45. The number of carbonyl (C=O) groups excluding carboxylic acids is 2. The van der Waals surface area contributed by atoms with Gasteiger partial charge in [-0.1, -0.05) is 68.3 Å². The number of anilines is 1. The number of hydrogen-bond donors (Lipinski definition) is 0. The Morgan fingerprint density at radius 1 is 0.686 bits per heavy atom. The van der Waals surface area contributed by atoms with Crippen molar-refractivity contribution in [2.75, 3.05) is 4.90 Å². The van der Waals surface area contributed by atoms with Crippen LogP contribution in [-0.2, 0) is 9.59 Å². The second kappa shape index (κ2) is 8.35. The molecule has 1 saturated heterocycles. The molecule has 0 spiro atoms. The van der Waals surface area contributed by atoms with E-state index in [0.29, 0.717) is 0 Å². The van der Waals surface area contributed by atoms with Gasteiger partial charge in [-0.05, 0) is 58.7 Å². The van der Waals surface area contributed by atoms with Gasteiger partial charge < -0.3 is 0 Å². The summed E-state index contributed by atoms with van der Waals surface area (Å²) in [6.07, 6.45) is 4.00. The maximum Gasteiger partial charge on any atom is 0.238 e. The minimum absolute atomic E-state index is 0.0575. The maximum atomic E-state index is 13.9. The lowest BCUT2D eigenvalue weighted by Crippen LogP contribution is -2.33. The molecule has 2 amide bonds. The molecule has 1 saturated carbocycles. The summed E-state index contributed by atoms with van der Waals surface area (Å²) in [6.45, 7) is 0. The standard InChI is InChI=1S/C28H17Br2F2NO2/c29-16-5-1-14(2-6-16)23(15-3-7-17(30)8-4-15)24-21-9-10-22(24)26-25(21)27(34)33(28(26)35)20-12-18(31)11-19(32)13-20/h1-13,21-22,25-26H/t21-,22-,25-,26-/m1/s1.